The molecule has 2 fully saturated rings. The van der Waals surface area contributed by atoms with E-state index in [0.29, 0.717) is 30.3 Å². The number of likely N-dealkylation sites (tertiary alicyclic amines) is 1. The van der Waals surface area contributed by atoms with Gasteiger partial charge >= 0.3 is 5.69 Å². The minimum Gasteiger partial charge on any atom is -0.328 e. The number of piperidine rings is 2. The molecule has 2 aliphatic rings. The Balaban J connectivity index is 0.00000324. The Morgan fingerprint density at radius 1 is 1.03 bits per heavy atom. The van der Waals surface area contributed by atoms with Crippen LogP contribution in [0.15, 0.2) is 35.4 Å². The van der Waals surface area contributed by atoms with E-state index in [2.05, 4.69) is 36.9 Å². The minimum absolute atomic E-state index is 0. The molecule has 0 aromatic carbocycles. The third kappa shape index (κ3) is 8.32. The van der Waals surface area contributed by atoms with Gasteiger partial charge < -0.3 is 26.6 Å². The highest BCUT2D eigenvalue weighted by atomic mass is 35.5. The SMILES string of the molecule is Cl.NC1CCN(CCCCn2ccc(Nc3ccc(CNC4CCNCC4)cn3)nc2=O)CC1. The lowest BCUT2D eigenvalue weighted by molar-refractivity contribution is 0.208. The molecule has 2 aromatic heterocycles. The molecule has 0 spiro atoms. The van der Waals surface area contributed by atoms with Gasteiger partial charge in [0.1, 0.15) is 11.6 Å². The van der Waals surface area contributed by atoms with Gasteiger partial charge in [0.2, 0.25) is 0 Å². The number of nitrogens with two attached hydrogens (primary N) is 1. The van der Waals surface area contributed by atoms with Crippen molar-refractivity contribution < 1.29 is 0 Å². The first kappa shape index (κ1) is 26.6. The van der Waals surface area contributed by atoms with Gasteiger partial charge in [-0.1, -0.05) is 6.07 Å². The molecule has 0 amide bonds. The van der Waals surface area contributed by atoms with E-state index < -0.39 is 0 Å². The molecule has 2 saturated heterocycles. The van der Waals surface area contributed by atoms with Crippen molar-refractivity contribution in [3.63, 3.8) is 0 Å². The van der Waals surface area contributed by atoms with E-state index in [1.54, 1.807) is 4.57 Å². The van der Waals surface area contributed by atoms with Crippen molar-refractivity contribution in [3.05, 3.63) is 46.6 Å². The molecule has 34 heavy (non-hydrogen) atoms. The fourth-order valence-corrected chi connectivity index (χ4v) is 4.49. The van der Waals surface area contributed by atoms with Crippen molar-refractivity contribution in [2.75, 3.05) is 38.0 Å². The molecule has 0 radical (unpaired) electrons. The zero-order valence-corrected chi connectivity index (χ0v) is 20.7. The maximum Gasteiger partial charge on any atom is 0.349 e. The maximum absolute atomic E-state index is 12.4. The van der Waals surface area contributed by atoms with Gasteiger partial charge in [-0.25, -0.2) is 9.78 Å². The zero-order valence-electron chi connectivity index (χ0n) is 19.9. The van der Waals surface area contributed by atoms with Crippen molar-refractivity contribution >= 4 is 24.0 Å². The van der Waals surface area contributed by atoms with Crippen molar-refractivity contribution in [2.45, 2.75) is 63.7 Å². The van der Waals surface area contributed by atoms with Crippen LogP contribution in [0.5, 0.6) is 0 Å². The van der Waals surface area contributed by atoms with Crippen molar-refractivity contribution in [1.82, 2.24) is 30.1 Å². The first-order chi connectivity index (χ1) is 16.2. The molecule has 0 unspecified atom stereocenters. The summed E-state index contributed by atoms with van der Waals surface area (Å²) in [5.41, 5.74) is 6.88. The highest BCUT2D eigenvalue weighted by molar-refractivity contribution is 5.85. The molecule has 5 N–H and O–H groups in total. The first-order valence-corrected chi connectivity index (χ1v) is 12.4. The topological polar surface area (TPSA) is 113 Å². The molecule has 188 valence electrons. The summed E-state index contributed by atoms with van der Waals surface area (Å²) in [6.45, 7) is 6.93. The molecule has 0 atom stereocenters. The number of aryl methyl sites for hydroxylation is 1. The summed E-state index contributed by atoms with van der Waals surface area (Å²) in [5, 5.41) is 10.1. The van der Waals surface area contributed by atoms with E-state index in [9.17, 15) is 4.79 Å². The van der Waals surface area contributed by atoms with Crippen LogP contribution in [0.2, 0.25) is 0 Å². The van der Waals surface area contributed by atoms with Crippen LogP contribution in [-0.2, 0) is 13.1 Å². The molecule has 0 bridgehead atoms. The van der Waals surface area contributed by atoms with E-state index >= 15 is 0 Å². The summed E-state index contributed by atoms with van der Waals surface area (Å²) in [4.78, 5) is 23.5. The molecule has 4 heterocycles. The summed E-state index contributed by atoms with van der Waals surface area (Å²) >= 11 is 0. The van der Waals surface area contributed by atoms with Crippen LogP contribution in [-0.4, -0.2) is 64.2 Å². The summed E-state index contributed by atoms with van der Waals surface area (Å²) in [6.07, 6.45) is 10.2. The normalized spacial score (nSPS) is 17.9. The second kappa shape index (κ2) is 13.7. The Morgan fingerprint density at radius 3 is 2.50 bits per heavy atom. The largest absolute Gasteiger partial charge is 0.349 e. The summed E-state index contributed by atoms with van der Waals surface area (Å²) in [5.74, 6) is 1.21. The predicted octanol–water partition coefficient (Wildman–Crippen LogP) is 1.85. The summed E-state index contributed by atoms with van der Waals surface area (Å²) < 4.78 is 1.68. The second-order valence-electron chi connectivity index (χ2n) is 9.26. The van der Waals surface area contributed by atoms with E-state index in [-0.39, 0.29) is 18.1 Å². The van der Waals surface area contributed by atoms with Crippen molar-refractivity contribution in [3.8, 4) is 0 Å². The maximum atomic E-state index is 12.4. The smallest absolute Gasteiger partial charge is 0.328 e. The average molecular weight is 491 g/mol. The molecular formula is C24H39ClN8O. The number of nitrogens with zero attached hydrogens (tertiary/aromatic N) is 4. The standard InChI is InChI=1S/C24H38N8O.ClH/c25-20-7-14-31(15-8-20)12-1-2-13-32-16-9-23(30-24(32)33)29-22-4-3-19(18-28-22)17-27-21-5-10-26-11-6-21;/h3-4,9,16,18,20-21,26-27H,1-2,5-8,10-15,17,25H2,(H,28,29,30,33);1H. The van der Waals surface area contributed by atoms with Gasteiger partial charge in [-0.15, -0.1) is 12.4 Å². The number of halogens is 1. The molecule has 10 heteroatoms. The first-order valence-electron chi connectivity index (χ1n) is 12.4. The van der Waals surface area contributed by atoms with Gasteiger partial charge in [0.15, 0.2) is 0 Å². The predicted molar refractivity (Wildman–Crippen MR) is 139 cm³/mol. The van der Waals surface area contributed by atoms with Crippen LogP contribution < -0.4 is 27.4 Å². The molecule has 2 aliphatic heterocycles. The lowest BCUT2D eigenvalue weighted by Gasteiger charge is -2.29. The van der Waals surface area contributed by atoms with Gasteiger partial charge in [-0.2, -0.15) is 4.98 Å². The highest BCUT2D eigenvalue weighted by Gasteiger charge is 2.15. The second-order valence-corrected chi connectivity index (χ2v) is 9.26. The van der Waals surface area contributed by atoms with Crippen LogP contribution >= 0.6 is 12.4 Å². The molecule has 9 nitrogen and oxygen atoms in total. The van der Waals surface area contributed by atoms with Crippen molar-refractivity contribution in [2.24, 2.45) is 5.73 Å². The monoisotopic (exact) mass is 490 g/mol. The molecular weight excluding hydrogens is 452 g/mol. The number of hydrogen-bond donors (Lipinski definition) is 4. The number of unbranched alkanes of at least 4 members (excludes halogenated alkanes) is 1. The van der Waals surface area contributed by atoms with E-state index in [1.807, 2.05) is 24.5 Å². The Kier molecular flexibility index (Phi) is 10.7. The quantitative estimate of drug-likeness (QED) is 0.373. The Morgan fingerprint density at radius 2 is 1.79 bits per heavy atom. The van der Waals surface area contributed by atoms with Gasteiger partial charge in [0.05, 0.1) is 0 Å². The lowest BCUT2D eigenvalue weighted by atomic mass is 10.1. The van der Waals surface area contributed by atoms with E-state index in [1.165, 1.54) is 0 Å². The van der Waals surface area contributed by atoms with Crippen LogP contribution in [0.4, 0.5) is 11.6 Å². The van der Waals surface area contributed by atoms with E-state index in [0.717, 1.165) is 83.4 Å². The summed E-state index contributed by atoms with van der Waals surface area (Å²) in [7, 11) is 0. The van der Waals surface area contributed by atoms with E-state index in [4.69, 9.17) is 5.73 Å². The molecule has 0 aliphatic carbocycles. The van der Waals surface area contributed by atoms with Crippen LogP contribution in [0, 0.1) is 0 Å². The van der Waals surface area contributed by atoms with Gasteiger partial charge in [-0.3, -0.25) is 4.57 Å². The van der Waals surface area contributed by atoms with Gasteiger partial charge in [0, 0.05) is 37.6 Å². The van der Waals surface area contributed by atoms with Gasteiger partial charge in [0.25, 0.3) is 0 Å². The average Bonchev–Trinajstić information content (AvgIpc) is 2.84. The Bertz CT molecular complexity index is 908. The fraction of sp³-hybridized carbons (Fsp3) is 0.625. The van der Waals surface area contributed by atoms with Gasteiger partial charge in [-0.05, 0) is 88.9 Å². The molecule has 2 aromatic rings. The lowest BCUT2D eigenvalue weighted by Crippen LogP contribution is -2.40. The Labute approximate surface area is 208 Å². The molecule has 4 rings (SSSR count). The third-order valence-electron chi connectivity index (χ3n) is 6.64. The van der Waals surface area contributed by atoms with Crippen LogP contribution in [0.3, 0.4) is 0 Å². The number of nitrogens with one attached hydrogen (secondary N) is 3. The van der Waals surface area contributed by atoms with Crippen LogP contribution in [0.25, 0.3) is 0 Å². The number of anilines is 2. The molecule has 0 saturated carbocycles. The minimum atomic E-state index is -0.230. The van der Waals surface area contributed by atoms with Crippen molar-refractivity contribution in [1.29, 1.82) is 0 Å². The highest BCUT2D eigenvalue weighted by Crippen LogP contribution is 2.12. The number of rotatable bonds is 10. The Hall–Kier alpha value is -2.04. The number of aromatic nitrogens is 3. The number of hydrogen-bond acceptors (Lipinski definition) is 8. The zero-order chi connectivity index (χ0) is 22.9. The fourth-order valence-electron chi connectivity index (χ4n) is 4.49. The van der Waals surface area contributed by atoms with Crippen LogP contribution in [0.1, 0.15) is 44.1 Å². The number of pyridine rings is 1. The third-order valence-corrected chi connectivity index (χ3v) is 6.64. The summed E-state index contributed by atoms with van der Waals surface area (Å²) in [6, 6.07) is 6.76.